The van der Waals surface area contributed by atoms with Crippen LogP contribution < -0.4 is 10.6 Å². The Morgan fingerprint density at radius 2 is 2.00 bits per heavy atom. The van der Waals surface area contributed by atoms with E-state index in [-0.39, 0.29) is 12.1 Å². The molecule has 138 valence electrons. The first-order valence-corrected chi connectivity index (χ1v) is 8.71. The Morgan fingerprint density at radius 3 is 2.50 bits per heavy atom. The molecule has 0 atom stereocenters. The summed E-state index contributed by atoms with van der Waals surface area (Å²) in [6.45, 7) is 8.64. The normalized spacial score (nSPS) is 20.4. The molecule has 2 fully saturated rings. The van der Waals surface area contributed by atoms with Gasteiger partial charge in [-0.1, -0.05) is 0 Å². The highest BCUT2D eigenvalue weighted by Gasteiger charge is 2.42. The Kier molecular flexibility index (Phi) is 5.96. The van der Waals surface area contributed by atoms with Crippen molar-refractivity contribution >= 4 is 12.1 Å². The molecule has 1 aliphatic heterocycles. The Hall–Kier alpha value is -1.50. The van der Waals surface area contributed by atoms with E-state index in [9.17, 15) is 4.79 Å². The smallest absolute Gasteiger partial charge is 0.410 e. The molecule has 7 nitrogen and oxygen atoms in total. The van der Waals surface area contributed by atoms with Crippen molar-refractivity contribution in [2.24, 2.45) is 10.4 Å². The highest BCUT2D eigenvalue weighted by atomic mass is 16.6. The van der Waals surface area contributed by atoms with Gasteiger partial charge in [-0.15, -0.1) is 0 Å². The summed E-state index contributed by atoms with van der Waals surface area (Å²) in [5, 5.41) is 6.78. The van der Waals surface area contributed by atoms with Gasteiger partial charge in [0.1, 0.15) is 5.60 Å². The number of aliphatic imine (C=N–C) groups is 1. The van der Waals surface area contributed by atoms with Gasteiger partial charge in [0.15, 0.2) is 5.96 Å². The highest BCUT2D eigenvalue weighted by Crippen LogP contribution is 2.48. The number of nitrogens with one attached hydrogen (secondary N) is 2. The van der Waals surface area contributed by atoms with Crippen molar-refractivity contribution in [1.82, 2.24) is 15.5 Å². The van der Waals surface area contributed by atoms with Crippen LogP contribution in [0.1, 0.15) is 40.0 Å². The molecule has 7 heteroatoms. The lowest BCUT2D eigenvalue weighted by Crippen LogP contribution is -2.63. The number of hydrogen-bond acceptors (Lipinski definition) is 4. The van der Waals surface area contributed by atoms with Crippen LogP contribution in [0.5, 0.6) is 0 Å². The Labute approximate surface area is 145 Å². The predicted octanol–water partition coefficient (Wildman–Crippen LogP) is 1.59. The van der Waals surface area contributed by atoms with Crippen molar-refractivity contribution in [3.05, 3.63) is 0 Å². The number of amides is 1. The molecule has 0 spiro atoms. The third kappa shape index (κ3) is 5.54. The molecule has 1 saturated carbocycles. The second kappa shape index (κ2) is 7.59. The van der Waals surface area contributed by atoms with E-state index in [1.165, 1.54) is 12.8 Å². The van der Waals surface area contributed by atoms with E-state index in [2.05, 4.69) is 15.6 Å². The summed E-state index contributed by atoms with van der Waals surface area (Å²) in [6, 6.07) is 0.220. The van der Waals surface area contributed by atoms with Crippen LogP contribution in [0.25, 0.3) is 0 Å². The van der Waals surface area contributed by atoms with Crippen LogP contribution >= 0.6 is 0 Å². The van der Waals surface area contributed by atoms with Crippen LogP contribution in [-0.4, -0.2) is 69.0 Å². The summed E-state index contributed by atoms with van der Waals surface area (Å²) in [5.74, 6) is 0.799. The average molecular weight is 340 g/mol. The van der Waals surface area contributed by atoms with Gasteiger partial charge in [0.05, 0.1) is 6.04 Å². The highest BCUT2D eigenvalue weighted by molar-refractivity contribution is 5.80. The van der Waals surface area contributed by atoms with Gasteiger partial charge in [-0.2, -0.15) is 0 Å². The molecule has 0 unspecified atom stereocenters. The molecule has 0 bridgehead atoms. The van der Waals surface area contributed by atoms with Gasteiger partial charge >= 0.3 is 6.09 Å². The van der Waals surface area contributed by atoms with Crippen molar-refractivity contribution in [1.29, 1.82) is 0 Å². The quantitative estimate of drug-likeness (QED) is 0.567. The third-order valence-electron chi connectivity index (χ3n) is 4.52. The molecule has 0 aromatic heterocycles. The molecule has 1 amide bonds. The topological polar surface area (TPSA) is 75.2 Å². The van der Waals surface area contributed by atoms with E-state index < -0.39 is 5.60 Å². The zero-order valence-corrected chi connectivity index (χ0v) is 15.6. The second-order valence-electron chi connectivity index (χ2n) is 7.90. The summed E-state index contributed by atoms with van der Waals surface area (Å²) in [5.41, 5.74) is -0.0796. The zero-order valence-electron chi connectivity index (χ0n) is 15.6. The number of carbonyl (C=O) groups excluding carboxylic acids is 1. The van der Waals surface area contributed by atoms with Crippen molar-refractivity contribution in [2.75, 3.05) is 40.4 Å². The van der Waals surface area contributed by atoms with Crippen LogP contribution in [0.2, 0.25) is 0 Å². The maximum absolute atomic E-state index is 11.9. The van der Waals surface area contributed by atoms with Crippen molar-refractivity contribution in [3.63, 3.8) is 0 Å². The van der Waals surface area contributed by atoms with E-state index in [1.807, 2.05) is 20.8 Å². The minimum Gasteiger partial charge on any atom is -0.444 e. The maximum Gasteiger partial charge on any atom is 0.410 e. The number of guanidine groups is 1. The molecule has 1 saturated heterocycles. The number of likely N-dealkylation sites (tertiary alicyclic amines) is 1. The third-order valence-corrected chi connectivity index (χ3v) is 4.52. The molecule has 0 aromatic rings. The van der Waals surface area contributed by atoms with E-state index >= 15 is 0 Å². The average Bonchev–Trinajstić information content (AvgIpc) is 3.21. The second-order valence-corrected chi connectivity index (χ2v) is 7.90. The fraction of sp³-hybridized carbons (Fsp3) is 0.882. The standard InChI is InChI=1S/C17H32N4O3/c1-16(2,3)24-15(22)21-10-13(11-21)20-14(18-4)19-12-17(6-7-17)8-9-23-5/h13H,6-12H2,1-5H3,(H2,18,19,20). The lowest BCUT2D eigenvalue weighted by molar-refractivity contribution is 0.00701. The van der Waals surface area contributed by atoms with Crippen LogP contribution in [0, 0.1) is 5.41 Å². The van der Waals surface area contributed by atoms with Gasteiger partial charge in [0, 0.05) is 40.4 Å². The van der Waals surface area contributed by atoms with E-state index in [0.29, 0.717) is 18.5 Å². The number of nitrogens with zero attached hydrogens (tertiary/aromatic N) is 2. The molecule has 24 heavy (non-hydrogen) atoms. The summed E-state index contributed by atoms with van der Waals surface area (Å²) in [6.07, 6.45) is 3.33. The molecule has 2 aliphatic rings. The van der Waals surface area contributed by atoms with Crippen LogP contribution in [0.15, 0.2) is 4.99 Å². The molecule has 2 rings (SSSR count). The number of hydrogen-bond donors (Lipinski definition) is 2. The minimum atomic E-state index is -0.450. The maximum atomic E-state index is 11.9. The molecule has 0 aromatic carbocycles. The fourth-order valence-electron chi connectivity index (χ4n) is 2.72. The summed E-state index contributed by atoms with van der Waals surface area (Å²) >= 11 is 0. The molecule has 0 radical (unpaired) electrons. The van der Waals surface area contributed by atoms with Gasteiger partial charge in [-0.3, -0.25) is 4.99 Å². The summed E-state index contributed by atoms with van der Waals surface area (Å²) in [4.78, 5) is 17.9. The van der Waals surface area contributed by atoms with Crippen molar-refractivity contribution in [2.45, 2.75) is 51.7 Å². The predicted molar refractivity (Wildman–Crippen MR) is 94.3 cm³/mol. The SMILES string of the molecule is CN=C(NCC1(CCOC)CC1)NC1CN(C(=O)OC(C)(C)C)C1. The number of methoxy groups -OCH3 is 1. The largest absolute Gasteiger partial charge is 0.444 e. The van der Waals surface area contributed by atoms with E-state index in [4.69, 9.17) is 9.47 Å². The van der Waals surface area contributed by atoms with Crippen LogP contribution in [0.3, 0.4) is 0 Å². The first kappa shape index (κ1) is 18.8. The summed E-state index contributed by atoms with van der Waals surface area (Å²) < 4.78 is 10.5. The summed E-state index contributed by atoms with van der Waals surface area (Å²) in [7, 11) is 3.52. The van der Waals surface area contributed by atoms with E-state index in [0.717, 1.165) is 25.5 Å². The van der Waals surface area contributed by atoms with E-state index in [1.54, 1.807) is 19.1 Å². The number of rotatable bonds is 6. The van der Waals surface area contributed by atoms with Gasteiger partial charge in [-0.05, 0) is 45.4 Å². The lowest BCUT2D eigenvalue weighted by Gasteiger charge is -2.40. The van der Waals surface area contributed by atoms with Crippen LogP contribution in [0.4, 0.5) is 4.79 Å². The van der Waals surface area contributed by atoms with Crippen LogP contribution in [-0.2, 0) is 9.47 Å². The Bertz CT molecular complexity index is 463. The van der Waals surface area contributed by atoms with Crippen molar-refractivity contribution < 1.29 is 14.3 Å². The molecular weight excluding hydrogens is 308 g/mol. The number of carbonyl (C=O) groups is 1. The lowest BCUT2D eigenvalue weighted by atomic mass is 10.0. The molecule has 1 aliphatic carbocycles. The Morgan fingerprint density at radius 1 is 1.33 bits per heavy atom. The number of ether oxygens (including phenoxy) is 2. The van der Waals surface area contributed by atoms with Crippen molar-refractivity contribution in [3.8, 4) is 0 Å². The van der Waals surface area contributed by atoms with Gasteiger partial charge in [0.25, 0.3) is 0 Å². The first-order chi connectivity index (χ1) is 11.3. The monoisotopic (exact) mass is 340 g/mol. The molecule has 1 heterocycles. The molecule has 2 N–H and O–H groups in total. The minimum absolute atomic E-state index is 0.220. The van der Waals surface area contributed by atoms with Gasteiger partial charge in [0.2, 0.25) is 0 Å². The Balaban J connectivity index is 1.67. The molecular formula is C17H32N4O3. The van der Waals surface area contributed by atoms with Gasteiger partial charge in [-0.25, -0.2) is 4.79 Å². The fourth-order valence-corrected chi connectivity index (χ4v) is 2.72. The zero-order chi connectivity index (χ0) is 17.8. The first-order valence-electron chi connectivity index (χ1n) is 8.71. The van der Waals surface area contributed by atoms with Gasteiger partial charge < -0.3 is 25.0 Å².